The van der Waals surface area contributed by atoms with Gasteiger partial charge in [0.1, 0.15) is 0 Å². The van der Waals surface area contributed by atoms with Crippen molar-refractivity contribution in [2.24, 2.45) is 0 Å². The van der Waals surface area contributed by atoms with Crippen molar-refractivity contribution >= 4 is 17.4 Å². The Bertz CT molecular complexity index is 773. The number of amides is 2. The third kappa shape index (κ3) is 3.15. The Hall–Kier alpha value is -2.89. The van der Waals surface area contributed by atoms with Crippen molar-refractivity contribution in [3.63, 3.8) is 0 Å². The van der Waals surface area contributed by atoms with E-state index in [1.54, 1.807) is 17.9 Å². The second-order valence-corrected chi connectivity index (χ2v) is 5.63. The molecule has 1 N–H and O–H groups in total. The fraction of sp³-hybridized carbons (Fsp3) is 0.235. The van der Waals surface area contributed by atoms with Gasteiger partial charge in [0.25, 0.3) is 5.69 Å². The second kappa shape index (κ2) is 6.08. The third-order valence-electron chi connectivity index (χ3n) is 4.08. The Morgan fingerprint density at radius 3 is 2.65 bits per heavy atom. The van der Waals surface area contributed by atoms with Crippen LogP contribution in [0.4, 0.5) is 16.2 Å². The molecule has 3 rings (SSSR count). The number of nitrogens with one attached hydrogen (secondary N) is 1. The van der Waals surface area contributed by atoms with Crippen LogP contribution in [-0.4, -0.2) is 22.4 Å². The maximum Gasteiger partial charge on any atom is 0.322 e. The van der Waals surface area contributed by atoms with E-state index in [1.165, 1.54) is 17.7 Å². The van der Waals surface area contributed by atoms with Gasteiger partial charge in [-0.05, 0) is 36.1 Å². The number of anilines is 1. The lowest BCUT2D eigenvalue weighted by molar-refractivity contribution is -0.384. The molecule has 0 aromatic heterocycles. The highest BCUT2D eigenvalue weighted by Crippen LogP contribution is 2.23. The molecular formula is C17H17N3O3. The van der Waals surface area contributed by atoms with Crippen molar-refractivity contribution in [3.8, 4) is 0 Å². The van der Waals surface area contributed by atoms with E-state index >= 15 is 0 Å². The molecule has 0 fully saturated rings. The maximum absolute atomic E-state index is 12.4. The molecule has 0 atom stereocenters. The molecule has 1 aliphatic heterocycles. The Balaban J connectivity index is 1.72. The quantitative estimate of drug-likeness (QED) is 0.681. The number of aryl methyl sites for hydroxylation is 1. The Morgan fingerprint density at radius 1 is 1.22 bits per heavy atom. The summed E-state index contributed by atoms with van der Waals surface area (Å²) in [6, 6.07) is 12.3. The molecule has 6 nitrogen and oxygen atoms in total. The van der Waals surface area contributed by atoms with Gasteiger partial charge in [0.15, 0.2) is 0 Å². The SMILES string of the molecule is Cc1cc([N+](=O)[O-])ccc1NC(=O)N1CCc2ccccc2C1. The first-order valence-corrected chi connectivity index (χ1v) is 7.42. The molecule has 1 heterocycles. The molecule has 2 aromatic carbocycles. The van der Waals surface area contributed by atoms with Crippen LogP contribution in [0.2, 0.25) is 0 Å². The van der Waals surface area contributed by atoms with E-state index in [0.717, 1.165) is 12.0 Å². The summed E-state index contributed by atoms with van der Waals surface area (Å²) in [6.07, 6.45) is 0.836. The normalized spacial score (nSPS) is 13.3. The number of nitro benzene ring substituents is 1. The molecule has 0 saturated carbocycles. The van der Waals surface area contributed by atoms with E-state index in [-0.39, 0.29) is 11.7 Å². The smallest absolute Gasteiger partial charge is 0.320 e. The van der Waals surface area contributed by atoms with Crippen LogP contribution in [0.3, 0.4) is 0 Å². The minimum atomic E-state index is -0.444. The van der Waals surface area contributed by atoms with E-state index in [9.17, 15) is 14.9 Å². The number of hydrogen-bond donors (Lipinski definition) is 1. The molecule has 0 radical (unpaired) electrons. The topological polar surface area (TPSA) is 75.5 Å². The minimum absolute atomic E-state index is 0.0207. The van der Waals surface area contributed by atoms with Gasteiger partial charge in [-0.3, -0.25) is 10.1 Å². The first-order chi connectivity index (χ1) is 11.0. The molecule has 0 saturated heterocycles. The summed E-state index contributed by atoms with van der Waals surface area (Å²) >= 11 is 0. The first-order valence-electron chi connectivity index (χ1n) is 7.42. The zero-order valence-corrected chi connectivity index (χ0v) is 12.8. The monoisotopic (exact) mass is 311 g/mol. The summed E-state index contributed by atoms with van der Waals surface area (Å²) in [4.78, 5) is 24.5. The Labute approximate surface area is 133 Å². The van der Waals surface area contributed by atoms with Gasteiger partial charge in [-0.1, -0.05) is 24.3 Å². The van der Waals surface area contributed by atoms with Crippen LogP contribution in [0.25, 0.3) is 0 Å². The third-order valence-corrected chi connectivity index (χ3v) is 4.08. The predicted octanol–water partition coefficient (Wildman–Crippen LogP) is 3.49. The van der Waals surface area contributed by atoms with Gasteiger partial charge >= 0.3 is 6.03 Å². The van der Waals surface area contributed by atoms with Crippen molar-refractivity contribution < 1.29 is 9.72 Å². The van der Waals surface area contributed by atoms with E-state index in [0.29, 0.717) is 24.3 Å². The molecule has 0 aliphatic carbocycles. The fourth-order valence-electron chi connectivity index (χ4n) is 2.76. The van der Waals surface area contributed by atoms with Crippen LogP contribution in [0.5, 0.6) is 0 Å². The number of nitrogens with zero attached hydrogens (tertiary/aromatic N) is 2. The minimum Gasteiger partial charge on any atom is -0.320 e. The number of urea groups is 1. The Morgan fingerprint density at radius 2 is 1.96 bits per heavy atom. The summed E-state index contributed by atoms with van der Waals surface area (Å²) in [5, 5.41) is 13.6. The predicted molar refractivity (Wildman–Crippen MR) is 87.4 cm³/mol. The number of carbonyl (C=O) groups excluding carboxylic acids is 1. The number of rotatable bonds is 2. The molecular weight excluding hydrogens is 294 g/mol. The summed E-state index contributed by atoms with van der Waals surface area (Å²) in [6.45, 7) is 2.98. The van der Waals surface area contributed by atoms with E-state index < -0.39 is 4.92 Å². The maximum atomic E-state index is 12.4. The molecule has 2 aromatic rings. The number of non-ortho nitro benzene ring substituents is 1. The fourth-order valence-corrected chi connectivity index (χ4v) is 2.76. The number of nitro groups is 1. The molecule has 0 spiro atoms. The van der Waals surface area contributed by atoms with Crippen LogP contribution in [0.1, 0.15) is 16.7 Å². The van der Waals surface area contributed by atoms with E-state index in [2.05, 4.69) is 11.4 Å². The van der Waals surface area contributed by atoms with Crippen molar-refractivity contribution in [2.45, 2.75) is 19.9 Å². The van der Waals surface area contributed by atoms with Crippen molar-refractivity contribution in [3.05, 3.63) is 69.3 Å². The van der Waals surface area contributed by atoms with Crippen LogP contribution in [0.15, 0.2) is 42.5 Å². The zero-order chi connectivity index (χ0) is 16.4. The number of benzene rings is 2. The van der Waals surface area contributed by atoms with Crippen LogP contribution >= 0.6 is 0 Å². The molecule has 2 amide bonds. The van der Waals surface area contributed by atoms with Gasteiger partial charge in [-0.15, -0.1) is 0 Å². The number of fused-ring (bicyclic) bond motifs is 1. The van der Waals surface area contributed by atoms with Gasteiger partial charge < -0.3 is 10.2 Å². The summed E-state index contributed by atoms with van der Waals surface area (Å²) in [5.74, 6) is 0. The highest BCUT2D eigenvalue weighted by Gasteiger charge is 2.21. The number of hydrogen-bond acceptors (Lipinski definition) is 3. The molecule has 0 unspecified atom stereocenters. The summed E-state index contributed by atoms with van der Waals surface area (Å²) in [5.41, 5.74) is 3.73. The average Bonchev–Trinajstić information content (AvgIpc) is 2.56. The molecule has 1 aliphatic rings. The largest absolute Gasteiger partial charge is 0.322 e. The first kappa shape index (κ1) is 15.0. The summed E-state index contributed by atoms with van der Waals surface area (Å²) < 4.78 is 0. The Kier molecular flexibility index (Phi) is 3.97. The molecule has 118 valence electrons. The van der Waals surface area contributed by atoms with Gasteiger partial charge in [0.2, 0.25) is 0 Å². The molecule has 23 heavy (non-hydrogen) atoms. The lowest BCUT2D eigenvalue weighted by Gasteiger charge is -2.29. The van der Waals surface area contributed by atoms with Gasteiger partial charge in [0, 0.05) is 30.9 Å². The molecule has 6 heteroatoms. The average molecular weight is 311 g/mol. The van der Waals surface area contributed by atoms with Crippen LogP contribution in [0, 0.1) is 17.0 Å². The lowest BCUT2D eigenvalue weighted by Crippen LogP contribution is -2.38. The standard InChI is InChI=1S/C17H17N3O3/c1-12-10-15(20(22)23)6-7-16(12)18-17(21)19-9-8-13-4-2-3-5-14(13)11-19/h2-7,10H,8-9,11H2,1H3,(H,18,21). The zero-order valence-electron chi connectivity index (χ0n) is 12.8. The van der Waals surface area contributed by atoms with Gasteiger partial charge in [-0.25, -0.2) is 4.79 Å². The highest BCUT2D eigenvalue weighted by molar-refractivity contribution is 5.90. The second-order valence-electron chi connectivity index (χ2n) is 5.63. The van der Waals surface area contributed by atoms with Crippen molar-refractivity contribution in [1.82, 2.24) is 4.90 Å². The van der Waals surface area contributed by atoms with E-state index in [1.807, 2.05) is 18.2 Å². The van der Waals surface area contributed by atoms with E-state index in [4.69, 9.17) is 0 Å². The van der Waals surface area contributed by atoms with Crippen molar-refractivity contribution in [1.29, 1.82) is 0 Å². The van der Waals surface area contributed by atoms with Crippen LogP contribution in [-0.2, 0) is 13.0 Å². The van der Waals surface area contributed by atoms with Crippen molar-refractivity contribution in [2.75, 3.05) is 11.9 Å². The number of carbonyl (C=O) groups is 1. The van der Waals surface area contributed by atoms with Gasteiger partial charge in [0.05, 0.1) is 4.92 Å². The molecule has 0 bridgehead atoms. The van der Waals surface area contributed by atoms with Crippen LogP contribution < -0.4 is 5.32 Å². The lowest BCUT2D eigenvalue weighted by atomic mass is 10.0. The highest BCUT2D eigenvalue weighted by atomic mass is 16.6. The summed E-state index contributed by atoms with van der Waals surface area (Å²) in [7, 11) is 0. The van der Waals surface area contributed by atoms with Gasteiger partial charge in [-0.2, -0.15) is 0 Å².